The van der Waals surface area contributed by atoms with Crippen molar-refractivity contribution in [1.29, 1.82) is 0 Å². The number of nitrogens with two attached hydrogens (primary N) is 1. The molecule has 8 heteroatoms. The Bertz CT molecular complexity index is 644. The minimum Gasteiger partial charge on any atom is -0.495 e. The Morgan fingerprint density at radius 2 is 2.10 bits per heavy atom. The van der Waals surface area contributed by atoms with Crippen molar-refractivity contribution in [3.8, 4) is 5.75 Å². The van der Waals surface area contributed by atoms with Crippen LogP contribution >= 0.6 is 0 Å². The van der Waals surface area contributed by atoms with Crippen LogP contribution in [0, 0.1) is 5.92 Å². The number of sulfonamides is 1. The maximum atomic E-state index is 12.5. The minimum absolute atomic E-state index is 0.0892. The van der Waals surface area contributed by atoms with Gasteiger partial charge in [0, 0.05) is 13.1 Å². The van der Waals surface area contributed by atoms with Gasteiger partial charge in [-0.25, -0.2) is 8.42 Å². The fraction of sp³-hybridized carbons (Fsp3) is 0.462. The molecule has 0 saturated carbocycles. The van der Waals surface area contributed by atoms with Crippen LogP contribution < -0.4 is 10.5 Å². The van der Waals surface area contributed by atoms with Crippen LogP contribution in [0.1, 0.15) is 6.42 Å². The van der Waals surface area contributed by atoms with E-state index < -0.39 is 15.9 Å². The number of ether oxygens (including phenoxy) is 2. The maximum Gasteiger partial charge on any atom is 0.310 e. The van der Waals surface area contributed by atoms with Crippen molar-refractivity contribution in [2.24, 2.45) is 5.92 Å². The molecule has 0 aliphatic carbocycles. The second kappa shape index (κ2) is 5.90. The van der Waals surface area contributed by atoms with Gasteiger partial charge in [0.25, 0.3) is 0 Å². The summed E-state index contributed by atoms with van der Waals surface area (Å²) >= 11 is 0. The van der Waals surface area contributed by atoms with Crippen LogP contribution in [0.2, 0.25) is 0 Å². The predicted octanol–water partition coefficient (Wildman–Crippen LogP) is 0.461. The Morgan fingerprint density at radius 1 is 1.38 bits per heavy atom. The molecular weight excluding hydrogens is 296 g/mol. The zero-order valence-electron chi connectivity index (χ0n) is 11.9. The number of anilines is 1. The first-order valence-corrected chi connectivity index (χ1v) is 7.85. The molecule has 1 unspecified atom stereocenters. The number of benzene rings is 1. The van der Waals surface area contributed by atoms with Crippen LogP contribution in [0.3, 0.4) is 0 Å². The maximum absolute atomic E-state index is 12.5. The normalized spacial score (nSPS) is 19.4. The van der Waals surface area contributed by atoms with Crippen molar-refractivity contribution in [1.82, 2.24) is 4.31 Å². The lowest BCUT2D eigenvalue weighted by atomic mass is 10.1. The molecule has 1 aliphatic rings. The molecule has 1 fully saturated rings. The van der Waals surface area contributed by atoms with Gasteiger partial charge >= 0.3 is 5.97 Å². The Labute approximate surface area is 123 Å². The quantitative estimate of drug-likeness (QED) is 0.640. The first kappa shape index (κ1) is 15.6. The van der Waals surface area contributed by atoms with E-state index in [4.69, 9.17) is 10.5 Å². The molecule has 7 nitrogen and oxygen atoms in total. The molecule has 2 N–H and O–H groups in total. The van der Waals surface area contributed by atoms with Crippen LogP contribution in [0.15, 0.2) is 23.1 Å². The Balaban J connectivity index is 2.23. The molecule has 1 aromatic rings. The van der Waals surface area contributed by atoms with E-state index in [9.17, 15) is 13.2 Å². The summed E-state index contributed by atoms with van der Waals surface area (Å²) in [7, 11) is -0.916. The molecule has 0 bridgehead atoms. The molecule has 1 saturated heterocycles. The van der Waals surface area contributed by atoms with Crippen LogP contribution in [0.25, 0.3) is 0 Å². The molecule has 0 spiro atoms. The van der Waals surface area contributed by atoms with Gasteiger partial charge in [-0.15, -0.1) is 0 Å². The second-order valence-electron chi connectivity index (χ2n) is 4.78. The van der Waals surface area contributed by atoms with Gasteiger partial charge in [-0.1, -0.05) is 0 Å². The van der Waals surface area contributed by atoms with Gasteiger partial charge in [0.1, 0.15) is 5.75 Å². The van der Waals surface area contributed by atoms with Crippen molar-refractivity contribution in [3.05, 3.63) is 18.2 Å². The Kier molecular flexibility index (Phi) is 4.38. The largest absolute Gasteiger partial charge is 0.495 e. The van der Waals surface area contributed by atoms with Gasteiger partial charge in [-0.05, 0) is 24.6 Å². The lowest BCUT2D eigenvalue weighted by Crippen LogP contribution is -2.30. The smallest absolute Gasteiger partial charge is 0.310 e. The Morgan fingerprint density at radius 3 is 2.67 bits per heavy atom. The van der Waals surface area contributed by atoms with Gasteiger partial charge < -0.3 is 15.2 Å². The summed E-state index contributed by atoms with van der Waals surface area (Å²) in [6.45, 7) is 0.412. The molecule has 2 rings (SSSR count). The van der Waals surface area contributed by atoms with E-state index in [-0.39, 0.29) is 29.6 Å². The fourth-order valence-corrected chi connectivity index (χ4v) is 3.86. The number of carbonyl (C=O) groups excluding carboxylic acids is 1. The lowest BCUT2D eigenvalue weighted by molar-refractivity contribution is -0.144. The molecule has 1 heterocycles. The zero-order valence-corrected chi connectivity index (χ0v) is 12.7. The van der Waals surface area contributed by atoms with Gasteiger partial charge in [0.2, 0.25) is 10.0 Å². The van der Waals surface area contributed by atoms with Crippen LogP contribution in [-0.4, -0.2) is 46.0 Å². The topological polar surface area (TPSA) is 98.9 Å². The van der Waals surface area contributed by atoms with E-state index in [1.807, 2.05) is 0 Å². The highest BCUT2D eigenvalue weighted by Crippen LogP contribution is 2.29. The third-order valence-electron chi connectivity index (χ3n) is 3.52. The first-order chi connectivity index (χ1) is 9.90. The standard InChI is InChI=1S/C13H18N2O5S/c1-19-12-4-3-10(7-11(12)14)21(17,18)15-6-5-9(8-15)13(16)20-2/h3-4,7,9H,5-6,8,14H2,1-2H3. The average molecular weight is 314 g/mol. The van der Waals surface area contributed by atoms with Crippen molar-refractivity contribution >= 4 is 21.7 Å². The summed E-state index contributed by atoms with van der Waals surface area (Å²) in [5.74, 6) is -0.384. The van der Waals surface area contributed by atoms with Crippen molar-refractivity contribution in [3.63, 3.8) is 0 Å². The number of hydrogen-bond donors (Lipinski definition) is 1. The van der Waals surface area contributed by atoms with Gasteiger partial charge in [-0.3, -0.25) is 4.79 Å². The van der Waals surface area contributed by atoms with E-state index >= 15 is 0 Å². The summed E-state index contributed by atoms with van der Waals surface area (Å²) in [5.41, 5.74) is 5.99. The number of esters is 1. The number of carbonyl (C=O) groups is 1. The highest BCUT2D eigenvalue weighted by Gasteiger charge is 2.36. The molecule has 0 aromatic heterocycles. The molecule has 116 valence electrons. The zero-order chi connectivity index (χ0) is 15.6. The summed E-state index contributed by atoms with van der Waals surface area (Å²) in [6, 6.07) is 4.31. The molecule has 0 radical (unpaired) electrons. The fourth-order valence-electron chi connectivity index (χ4n) is 2.33. The molecule has 1 aromatic carbocycles. The SMILES string of the molecule is COC(=O)C1CCN(S(=O)(=O)c2ccc(OC)c(N)c2)C1. The van der Waals surface area contributed by atoms with E-state index in [2.05, 4.69) is 4.74 Å². The summed E-state index contributed by atoms with van der Waals surface area (Å²) < 4.78 is 36.0. The highest BCUT2D eigenvalue weighted by molar-refractivity contribution is 7.89. The van der Waals surface area contributed by atoms with E-state index in [0.717, 1.165) is 0 Å². The monoisotopic (exact) mass is 314 g/mol. The van der Waals surface area contributed by atoms with Crippen molar-refractivity contribution < 1.29 is 22.7 Å². The van der Waals surface area contributed by atoms with Crippen molar-refractivity contribution in [2.45, 2.75) is 11.3 Å². The third-order valence-corrected chi connectivity index (χ3v) is 5.39. The molecule has 1 aliphatic heterocycles. The van der Waals surface area contributed by atoms with Crippen LogP contribution in [-0.2, 0) is 19.6 Å². The number of hydrogen-bond acceptors (Lipinski definition) is 6. The lowest BCUT2D eigenvalue weighted by Gasteiger charge is -2.17. The molecular formula is C13H18N2O5S. The molecule has 1 atom stereocenters. The average Bonchev–Trinajstić information content (AvgIpc) is 2.96. The molecule has 0 amide bonds. The Hall–Kier alpha value is -1.80. The third kappa shape index (κ3) is 2.96. The van der Waals surface area contributed by atoms with Crippen LogP contribution in [0.5, 0.6) is 5.75 Å². The number of nitrogens with zero attached hydrogens (tertiary/aromatic N) is 1. The van der Waals surface area contributed by atoms with Gasteiger partial charge in [0.15, 0.2) is 0 Å². The number of methoxy groups -OCH3 is 2. The van der Waals surface area contributed by atoms with Gasteiger partial charge in [-0.2, -0.15) is 4.31 Å². The highest BCUT2D eigenvalue weighted by atomic mass is 32.2. The predicted molar refractivity (Wildman–Crippen MR) is 76.3 cm³/mol. The molecule has 21 heavy (non-hydrogen) atoms. The van der Waals surface area contributed by atoms with Gasteiger partial charge in [0.05, 0.1) is 30.7 Å². The second-order valence-corrected chi connectivity index (χ2v) is 6.71. The summed E-state index contributed by atoms with van der Waals surface area (Å²) in [4.78, 5) is 11.6. The van der Waals surface area contributed by atoms with E-state index in [0.29, 0.717) is 12.2 Å². The first-order valence-electron chi connectivity index (χ1n) is 6.41. The number of rotatable bonds is 4. The number of nitrogen functional groups attached to an aromatic ring is 1. The van der Waals surface area contributed by atoms with Crippen LogP contribution in [0.4, 0.5) is 5.69 Å². The summed E-state index contributed by atoms with van der Waals surface area (Å²) in [5, 5.41) is 0. The van der Waals surface area contributed by atoms with E-state index in [1.54, 1.807) is 0 Å². The summed E-state index contributed by atoms with van der Waals surface area (Å²) in [6.07, 6.45) is 0.456. The van der Waals surface area contributed by atoms with Crippen molar-refractivity contribution in [2.75, 3.05) is 33.0 Å². The van der Waals surface area contributed by atoms with E-state index in [1.165, 1.54) is 36.7 Å². The minimum atomic E-state index is -3.67.